The number of carbonyl (C=O) groups excluding carboxylic acids is 2. The molecule has 1 aliphatic heterocycles. The lowest BCUT2D eigenvalue weighted by atomic mass is 9.93. The number of hydrogen-bond donors (Lipinski definition) is 1. The van der Waals surface area contributed by atoms with Gasteiger partial charge in [-0.1, -0.05) is 62.2 Å². The number of likely N-dealkylation sites (tertiary alicyclic amines) is 1. The molecule has 3 aromatic rings. The van der Waals surface area contributed by atoms with Crippen molar-refractivity contribution in [3.8, 4) is 11.1 Å². The molecular formula is C38H52Cl2FN3O5Si. The number of fused-ring (bicyclic) bond motifs is 1. The molecule has 0 radical (unpaired) electrons. The van der Waals surface area contributed by atoms with Crippen molar-refractivity contribution < 1.29 is 27.9 Å². The van der Waals surface area contributed by atoms with Crippen molar-refractivity contribution >= 4 is 60.2 Å². The first-order valence-corrected chi connectivity index (χ1v) is 21.0. The van der Waals surface area contributed by atoms with Gasteiger partial charge in [-0.2, -0.15) is 0 Å². The molecule has 0 bridgehead atoms. The van der Waals surface area contributed by atoms with Gasteiger partial charge in [0.05, 0.1) is 17.3 Å². The average Bonchev–Trinajstić information content (AvgIpc) is 2.98. The van der Waals surface area contributed by atoms with Gasteiger partial charge < -0.3 is 24.1 Å². The molecule has 50 heavy (non-hydrogen) atoms. The van der Waals surface area contributed by atoms with Crippen LogP contribution in [0.5, 0.6) is 0 Å². The third-order valence-electron chi connectivity index (χ3n) is 9.89. The van der Waals surface area contributed by atoms with Gasteiger partial charge in [0.2, 0.25) is 0 Å². The molecule has 1 aliphatic rings. The summed E-state index contributed by atoms with van der Waals surface area (Å²) in [6, 6.07) is 6.79. The van der Waals surface area contributed by atoms with Gasteiger partial charge in [0, 0.05) is 36.2 Å². The van der Waals surface area contributed by atoms with Crippen molar-refractivity contribution in [2.45, 2.75) is 117 Å². The van der Waals surface area contributed by atoms with Crippen molar-refractivity contribution in [1.29, 1.82) is 0 Å². The van der Waals surface area contributed by atoms with Crippen LogP contribution in [0, 0.1) is 19.7 Å². The number of carbonyl (C=O) groups is 2. The molecule has 1 N–H and O–H groups in total. The molecule has 0 aliphatic carbocycles. The molecule has 4 rings (SSSR count). The minimum atomic E-state index is -2.04. The predicted molar refractivity (Wildman–Crippen MR) is 204 cm³/mol. The van der Waals surface area contributed by atoms with Crippen molar-refractivity contribution in [1.82, 2.24) is 9.88 Å². The van der Waals surface area contributed by atoms with Gasteiger partial charge in [-0.05, 0) is 102 Å². The normalized spacial score (nSPS) is 17.2. The third-order valence-corrected chi connectivity index (χ3v) is 15.0. The SMILES string of the molecule is CCOC(=O)c1c(Cl)nc2c(F)c(-c3cccc(C)c3C)c(Cl)cc2c1N[C@H]1CCN(C(=O)OC(C)(C)C)[C@H](CCO[Si](C)(C)C(C)(C)C)C1. The molecule has 0 spiro atoms. The lowest BCUT2D eigenvalue weighted by Crippen LogP contribution is -2.51. The Bertz CT molecular complexity index is 1760. The lowest BCUT2D eigenvalue weighted by molar-refractivity contribution is 0.00624. The van der Waals surface area contributed by atoms with E-state index in [-0.39, 0.29) is 56.6 Å². The summed E-state index contributed by atoms with van der Waals surface area (Å²) in [4.78, 5) is 33.0. The number of pyridine rings is 1. The molecule has 8 nitrogen and oxygen atoms in total. The number of nitrogens with one attached hydrogen (secondary N) is 1. The van der Waals surface area contributed by atoms with E-state index in [1.807, 2.05) is 52.8 Å². The van der Waals surface area contributed by atoms with Crippen LogP contribution >= 0.6 is 23.2 Å². The van der Waals surface area contributed by atoms with Crippen LogP contribution in [0.3, 0.4) is 0 Å². The molecular weight excluding hydrogens is 696 g/mol. The molecule has 1 aromatic heterocycles. The Morgan fingerprint density at radius 2 is 1.80 bits per heavy atom. The monoisotopic (exact) mass is 747 g/mol. The maximum atomic E-state index is 16.6. The van der Waals surface area contributed by atoms with E-state index in [9.17, 15) is 9.59 Å². The number of benzene rings is 2. The number of aryl methyl sites for hydroxylation is 1. The summed E-state index contributed by atoms with van der Waals surface area (Å²) in [6.45, 7) is 23.1. The van der Waals surface area contributed by atoms with E-state index in [0.717, 1.165) is 11.1 Å². The van der Waals surface area contributed by atoms with Gasteiger partial charge in [-0.15, -0.1) is 0 Å². The molecule has 2 heterocycles. The minimum Gasteiger partial charge on any atom is -0.462 e. The fraction of sp³-hybridized carbons (Fsp3) is 0.553. The molecule has 0 saturated carbocycles. The summed E-state index contributed by atoms with van der Waals surface area (Å²) in [5.41, 5.74) is 2.36. The van der Waals surface area contributed by atoms with Crippen LogP contribution in [-0.4, -0.2) is 67.7 Å². The topological polar surface area (TPSA) is 90.0 Å². The fourth-order valence-corrected chi connectivity index (χ4v) is 7.61. The van der Waals surface area contributed by atoms with Crippen LogP contribution in [0.25, 0.3) is 22.0 Å². The number of aromatic nitrogens is 1. The first kappa shape index (κ1) is 39.9. The Hall–Kier alpha value is -2.92. The first-order valence-electron chi connectivity index (χ1n) is 17.3. The van der Waals surface area contributed by atoms with Crippen LogP contribution in [0.1, 0.15) is 89.2 Å². The second kappa shape index (κ2) is 15.4. The Balaban J connectivity index is 1.77. The average molecular weight is 749 g/mol. The number of halogens is 3. The Morgan fingerprint density at radius 3 is 2.42 bits per heavy atom. The maximum Gasteiger partial charge on any atom is 0.410 e. The number of esters is 1. The molecule has 1 amide bonds. The van der Waals surface area contributed by atoms with Crippen LogP contribution in [0.15, 0.2) is 24.3 Å². The second-order valence-electron chi connectivity index (χ2n) is 15.7. The number of nitrogens with zero attached hydrogens (tertiary/aromatic N) is 2. The van der Waals surface area contributed by atoms with E-state index < -0.39 is 25.7 Å². The molecule has 1 saturated heterocycles. The summed E-state index contributed by atoms with van der Waals surface area (Å²) in [5, 5.41) is 3.85. The largest absolute Gasteiger partial charge is 0.462 e. The fourth-order valence-electron chi connectivity index (χ4n) is 6.00. The number of amides is 1. The van der Waals surface area contributed by atoms with E-state index in [2.05, 4.69) is 44.2 Å². The highest BCUT2D eigenvalue weighted by Crippen LogP contribution is 2.43. The van der Waals surface area contributed by atoms with Crippen LogP contribution in [0.2, 0.25) is 28.3 Å². The number of hydrogen-bond acceptors (Lipinski definition) is 7. The highest BCUT2D eigenvalue weighted by Gasteiger charge is 2.39. The summed E-state index contributed by atoms with van der Waals surface area (Å²) < 4.78 is 34.3. The zero-order valence-corrected chi connectivity index (χ0v) is 33.8. The quantitative estimate of drug-likeness (QED) is 0.132. The third kappa shape index (κ3) is 8.74. The second-order valence-corrected chi connectivity index (χ2v) is 21.2. The van der Waals surface area contributed by atoms with Crippen LogP contribution < -0.4 is 5.32 Å². The minimum absolute atomic E-state index is 0.00310. The van der Waals surface area contributed by atoms with E-state index in [1.54, 1.807) is 17.9 Å². The molecule has 12 heteroatoms. The van der Waals surface area contributed by atoms with Gasteiger partial charge >= 0.3 is 12.1 Å². The number of piperidine rings is 1. The summed E-state index contributed by atoms with van der Waals surface area (Å²) >= 11 is 13.5. The maximum absolute atomic E-state index is 16.6. The van der Waals surface area contributed by atoms with E-state index >= 15 is 4.39 Å². The van der Waals surface area contributed by atoms with Crippen LogP contribution in [-0.2, 0) is 13.9 Å². The van der Waals surface area contributed by atoms with Crippen LogP contribution in [0.4, 0.5) is 14.9 Å². The molecule has 274 valence electrons. The van der Waals surface area contributed by atoms with Gasteiger partial charge in [0.25, 0.3) is 0 Å². The zero-order chi connectivity index (χ0) is 37.3. The van der Waals surface area contributed by atoms with E-state index in [0.29, 0.717) is 49.1 Å². The Morgan fingerprint density at radius 1 is 1.12 bits per heavy atom. The standard InChI is InChI=1S/C38H52Cl2FN3O5Si/c1-12-47-35(45)30-32(27-21-28(39)29(31(41)33(27)43-34(30)40)26-15-13-14-22(2)23(26)3)42-24-16-18-44(36(46)49-37(4,5)6)25(20-24)17-19-48-50(10,11)38(7,8)9/h13-15,21,24-25H,12,16-20H2,1-11H3,(H,42,43)/t24-,25+/m0/s1. The van der Waals surface area contributed by atoms with Gasteiger partial charge in [-0.3, -0.25) is 0 Å². The molecule has 2 atom stereocenters. The highest BCUT2D eigenvalue weighted by atomic mass is 35.5. The summed E-state index contributed by atoms with van der Waals surface area (Å²) in [7, 11) is -2.04. The highest BCUT2D eigenvalue weighted by molar-refractivity contribution is 6.74. The van der Waals surface area contributed by atoms with Crippen molar-refractivity contribution in [2.75, 3.05) is 25.1 Å². The summed E-state index contributed by atoms with van der Waals surface area (Å²) in [5.74, 6) is -1.32. The Labute approximate surface area is 307 Å². The van der Waals surface area contributed by atoms with Crippen molar-refractivity contribution in [2.24, 2.45) is 0 Å². The molecule has 0 unspecified atom stereocenters. The van der Waals surface area contributed by atoms with E-state index in [1.165, 1.54) is 0 Å². The number of ether oxygens (including phenoxy) is 2. The lowest BCUT2D eigenvalue weighted by Gasteiger charge is -2.42. The van der Waals surface area contributed by atoms with E-state index in [4.69, 9.17) is 37.1 Å². The summed E-state index contributed by atoms with van der Waals surface area (Å²) in [6.07, 6.45) is 1.25. The predicted octanol–water partition coefficient (Wildman–Crippen LogP) is 10.7. The first-order chi connectivity index (χ1) is 23.2. The number of rotatable bonds is 9. The van der Waals surface area contributed by atoms with Crippen molar-refractivity contribution in [3.63, 3.8) is 0 Å². The van der Waals surface area contributed by atoms with Gasteiger partial charge in [0.1, 0.15) is 21.8 Å². The van der Waals surface area contributed by atoms with Gasteiger partial charge in [-0.25, -0.2) is 19.0 Å². The molecule has 1 fully saturated rings. The van der Waals surface area contributed by atoms with Gasteiger partial charge in [0.15, 0.2) is 14.1 Å². The Kier molecular flexibility index (Phi) is 12.2. The molecule has 2 aromatic carbocycles. The zero-order valence-electron chi connectivity index (χ0n) is 31.3. The smallest absolute Gasteiger partial charge is 0.410 e. The number of anilines is 1. The van der Waals surface area contributed by atoms with Crippen molar-refractivity contribution in [3.05, 3.63) is 56.9 Å².